The van der Waals surface area contributed by atoms with E-state index in [4.69, 9.17) is 21.4 Å². The number of aromatic nitrogens is 1. The monoisotopic (exact) mass is 312 g/mol. The Kier molecular flexibility index (Phi) is 5.52. The Balaban J connectivity index is 1.82. The van der Waals surface area contributed by atoms with Crippen LogP contribution in [0.15, 0.2) is 18.3 Å². The molecule has 1 aromatic heterocycles. The lowest BCUT2D eigenvalue weighted by Gasteiger charge is -2.32. The second kappa shape index (κ2) is 7.38. The number of carbonyl (C=O) groups excluding carboxylic acids is 1. The summed E-state index contributed by atoms with van der Waals surface area (Å²) < 4.78 is 5.49. The molecule has 0 radical (unpaired) electrons. The third kappa shape index (κ3) is 4.41. The molecule has 1 saturated heterocycles. The van der Waals surface area contributed by atoms with Crippen molar-refractivity contribution in [2.24, 2.45) is 0 Å². The molecule has 21 heavy (non-hydrogen) atoms. The van der Waals surface area contributed by atoms with Crippen molar-refractivity contribution < 1.29 is 19.4 Å². The van der Waals surface area contributed by atoms with E-state index in [1.165, 1.54) is 0 Å². The number of piperidine rings is 1. The van der Waals surface area contributed by atoms with E-state index >= 15 is 0 Å². The van der Waals surface area contributed by atoms with Gasteiger partial charge in [-0.05, 0) is 25.0 Å². The van der Waals surface area contributed by atoms with Crippen LogP contribution in [0, 0.1) is 0 Å². The van der Waals surface area contributed by atoms with Crippen LogP contribution in [0.25, 0.3) is 0 Å². The Morgan fingerprint density at radius 2 is 2.14 bits per heavy atom. The standard InChI is InChI=1S/C14H17ClN2O4/c15-13-11(2-1-6-16-13)14(20)17-7-3-10(4-8-17)21-9-5-12(18)19/h1-2,6,10H,3-5,7-9H2,(H,18,19). The highest BCUT2D eigenvalue weighted by Gasteiger charge is 2.25. The molecule has 0 aliphatic carbocycles. The van der Waals surface area contributed by atoms with Crippen LogP contribution in [-0.2, 0) is 9.53 Å². The van der Waals surface area contributed by atoms with Gasteiger partial charge in [-0.25, -0.2) is 4.98 Å². The van der Waals surface area contributed by atoms with Crippen LogP contribution in [0.3, 0.4) is 0 Å². The van der Waals surface area contributed by atoms with Crippen LogP contribution < -0.4 is 0 Å². The molecule has 2 heterocycles. The van der Waals surface area contributed by atoms with Crippen LogP contribution in [0.4, 0.5) is 0 Å². The Morgan fingerprint density at radius 1 is 1.43 bits per heavy atom. The van der Waals surface area contributed by atoms with Crippen molar-refractivity contribution in [3.63, 3.8) is 0 Å². The SMILES string of the molecule is O=C(O)CCOC1CCN(C(=O)c2cccnc2Cl)CC1. The van der Waals surface area contributed by atoms with Crippen molar-refractivity contribution in [3.8, 4) is 0 Å². The number of likely N-dealkylation sites (tertiary alicyclic amines) is 1. The van der Waals surface area contributed by atoms with Crippen molar-refractivity contribution >= 4 is 23.5 Å². The molecule has 0 bridgehead atoms. The summed E-state index contributed by atoms with van der Waals surface area (Å²) in [6, 6.07) is 3.34. The summed E-state index contributed by atoms with van der Waals surface area (Å²) in [4.78, 5) is 28.4. The molecule has 1 fully saturated rings. The second-order valence-electron chi connectivity index (χ2n) is 4.85. The minimum absolute atomic E-state index is 0.00440. The number of carbonyl (C=O) groups is 2. The van der Waals surface area contributed by atoms with Gasteiger partial charge >= 0.3 is 5.97 Å². The van der Waals surface area contributed by atoms with Gasteiger partial charge in [0.2, 0.25) is 0 Å². The van der Waals surface area contributed by atoms with E-state index in [-0.39, 0.29) is 30.2 Å². The van der Waals surface area contributed by atoms with Gasteiger partial charge in [-0.1, -0.05) is 11.6 Å². The third-order valence-electron chi connectivity index (χ3n) is 3.39. The van der Waals surface area contributed by atoms with E-state index in [1.54, 1.807) is 23.2 Å². The largest absolute Gasteiger partial charge is 0.481 e. The number of pyridine rings is 1. The Bertz CT molecular complexity index is 515. The average Bonchev–Trinajstić information content (AvgIpc) is 2.47. The highest BCUT2D eigenvalue weighted by Crippen LogP contribution is 2.19. The predicted octanol–water partition coefficient (Wildman–Crippen LogP) is 1.83. The molecule has 1 aliphatic heterocycles. The number of aliphatic carboxylic acids is 1. The first kappa shape index (κ1) is 15.7. The molecular weight excluding hydrogens is 296 g/mol. The summed E-state index contributed by atoms with van der Waals surface area (Å²) in [5.74, 6) is -0.995. The Hall–Kier alpha value is -1.66. The van der Waals surface area contributed by atoms with Crippen LogP contribution in [0.1, 0.15) is 29.6 Å². The summed E-state index contributed by atoms with van der Waals surface area (Å²) in [5, 5.41) is 8.77. The molecular formula is C14H17ClN2O4. The maximum atomic E-state index is 12.3. The predicted molar refractivity (Wildman–Crippen MR) is 76.4 cm³/mol. The summed E-state index contributed by atoms with van der Waals surface area (Å²) in [6.45, 7) is 1.35. The maximum Gasteiger partial charge on any atom is 0.305 e. The van der Waals surface area contributed by atoms with Gasteiger partial charge in [0, 0.05) is 19.3 Å². The molecule has 2 rings (SSSR count). The van der Waals surface area contributed by atoms with Gasteiger partial charge in [-0.15, -0.1) is 0 Å². The number of amides is 1. The number of hydrogen-bond acceptors (Lipinski definition) is 4. The molecule has 1 aliphatic rings. The van der Waals surface area contributed by atoms with Crippen molar-refractivity contribution in [1.82, 2.24) is 9.88 Å². The fourth-order valence-electron chi connectivity index (χ4n) is 2.25. The topological polar surface area (TPSA) is 79.7 Å². The first-order valence-corrected chi connectivity index (χ1v) is 7.19. The first-order chi connectivity index (χ1) is 10.1. The summed E-state index contributed by atoms with van der Waals surface area (Å²) >= 11 is 5.93. The van der Waals surface area contributed by atoms with Crippen LogP contribution in [0.5, 0.6) is 0 Å². The number of carboxylic acid groups (broad SMARTS) is 1. The fraction of sp³-hybridized carbons (Fsp3) is 0.500. The van der Waals surface area contributed by atoms with E-state index in [2.05, 4.69) is 4.98 Å². The van der Waals surface area contributed by atoms with Gasteiger partial charge in [-0.2, -0.15) is 0 Å². The number of nitrogens with zero attached hydrogens (tertiary/aromatic N) is 2. The van der Waals surface area contributed by atoms with Crippen molar-refractivity contribution in [2.75, 3.05) is 19.7 Å². The molecule has 1 amide bonds. The third-order valence-corrected chi connectivity index (χ3v) is 3.69. The number of halogens is 1. The number of rotatable bonds is 5. The quantitative estimate of drug-likeness (QED) is 0.839. The number of ether oxygens (including phenoxy) is 1. The summed E-state index contributed by atoms with van der Waals surface area (Å²) in [6.07, 6.45) is 2.95. The highest BCUT2D eigenvalue weighted by atomic mass is 35.5. The van der Waals surface area contributed by atoms with Gasteiger partial charge < -0.3 is 14.7 Å². The van der Waals surface area contributed by atoms with Gasteiger partial charge in [0.05, 0.1) is 24.7 Å². The maximum absolute atomic E-state index is 12.3. The van der Waals surface area contributed by atoms with Crippen LogP contribution >= 0.6 is 11.6 Å². The zero-order chi connectivity index (χ0) is 15.2. The van der Waals surface area contributed by atoms with E-state index in [0.717, 1.165) is 0 Å². The van der Waals surface area contributed by atoms with Crippen molar-refractivity contribution in [3.05, 3.63) is 29.0 Å². The smallest absolute Gasteiger partial charge is 0.305 e. The highest BCUT2D eigenvalue weighted by molar-refractivity contribution is 6.32. The molecule has 1 aromatic rings. The minimum atomic E-state index is -0.867. The number of hydrogen-bond donors (Lipinski definition) is 1. The molecule has 7 heteroatoms. The van der Waals surface area contributed by atoms with Crippen molar-refractivity contribution in [1.29, 1.82) is 0 Å². The zero-order valence-corrected chi connectivity index (χ0v) is 12.3. The van der Waals surface area contributed by atoms with Gasteiger partial charge in [-0.3, -0.25) is 9.59 Å². The van der Waals surface area contributed by atoms with E-state index in [1.807, 2.05) is 0 Å². The number of carboxylic acids is 1. The van der Waals surface area contributed by atoms with Crippen LogP contribution in [-0.4, -0.2) is 52.7 Å². The van der Waals surface area contributed by atoms with Gasteiger partial charge in [0.1, 0.15) is 5.15 Å². The van der Waals surface area contributed by atoms with Crippen molar-refractivity contribution in [2.45, 2.75) is 25.4 Å². The molecule has 0 aromatic carbocycles. The Morgan fingerprint density at radius 3 is 2.76 bits per heavy atom. The normalized spacial score (nSPS) is 16.0. The lowest BCUT2D eigenvalue weighted by molar-refractivity contribution is -0.138. The molecule has 1 N–H and O–H groups in total. The van der Waals surface area contributed by atoms with E-state index in [0.29, 0.717) is 31.5 Å². The lowest BCUT2D eigenvalue weighted by atomic mass is 10.1. The lowest BCUT2D eigenvalue weighted by Crippen LogP contribution is -2.41. The summed E-state index contributed by atoms with van der Waals surface area (Å²) in [5.41, 5.74) is 0.407. The zero-order valence-electron chi connectivity index (χ0n) is 11.5. The van der Waals surface area contributed by atoms with E-state index in [9.17, 15) is 9.59 Å². The second-order valence-corrected chi connectivity index (χ2v) is 5.21. The Labute approximate surface area is 127 Å². The first-order valence-electron chi connectivity index (χ1n) is 6.81. The van der Waals surface area contributed by atoms with Gasteiger partial charge in [0.15, 0.2) is 0 Å². The summed E-state index contributed by atoms with van der Waals surface area (Å²) in [7, 11) is 0. The molecule has 0 spiro atoms. The minimum Gasteiger partial charge on any atom is -0.481 e. The average molecular weight is 313 g/mol. The molecule has 0 unspecified atom stereocenters. The molecule has 0 atom stereocenters. The molecule has 114 valence electrons. The van der Waals surface area contributed by atoms with Crippen LogP contribution in [0.2, 0.25) is 5.15 Å². The molecule has 0 saturated carbocycles. The van der Waals surface area contributed by atoms with Gasteiger partial charge in [0.25, 0.3) is 5.91 Å². The molecule has 6 nitrogen and oxygen atoms in total. The van der Waals surface area contributed by atoms with E-state index < -0.39 is 5.97 Å². The fourth-order valence-corrected chi connectivity index (χ4v) is 2.45.